The number of nitrogens with one attached hydrogen (secondary N) is 2. The van der Waals surface area contributed by atoms with E-state index >= 15 is 0 Å². The Morgan fingerprint density at radius 1 is 1.15 bits per heavy atom. The van der Waals surface area contributed by atoms with Crippen LogP contribution in [0.2, 0.25) is 0 Å². The molecule has 0 aliphatic carbocycles. The zero-order valence-corrected chi connectivity index (χ0v) is 9.99. The number of carbonyl (C=O) groups excluding carboxylic acids is 1. The molecule has 0 saturated heterocycles. The van der Waals surface area contributed by atoms with Gasteiger partial charge in [-0.2, -0.15) is 13.2 Å². The van der Waals surface area contributed by atoms with Crippen molar-refractivity contribution in [2.45, 2.75) is 6.18 Å². The molecule has 0 aliphatic rings. The van der Waals surface area contributed by atoms with Crippen LogP contribution in [-0.2, 0) is 6.18 Å². The molecule has 0 bridgehead atoms. The third-order valence-electron chi connectivity index (χ3n) is 2.49. The number of H-pyrrole nitrogens is 1. The van der Waals surface area contributed by atoms with Gasteiger partial charge in [-0.1, -0.05) is 6.07 Å². The van der Waals surface area contributed by atoms with E-state index in [0.29, 0.717) is 0 Å². The fraction of sp³-hybridized carbons (Fsp3) is 0.0769. The number of amides is 1. The van der Waals surface area contributed by atoms with E-state index in [9.17, 15) is 22.8 Å². The van der Waals surface area contributed by atoms with E-state index in [1.165, 1.54) is 18.3 Å². The molecule has 2 N–H and O–H groups in total. The van der Waals surface area contributed by atoms with Gasteiger partial charge in [0.2, 0.25) is 5.56 Å². The van der Waals surface area contributed by atoms with Crippen molar-refractivity contribution in [2.24, 2.45) is 0 Å². The second-order valence-corrected chi connectivity index (χ2v) is 3.97. The highest BCUT2D eigenvalue weighted by molar-refractivity contribution is 6.04. The van der Waals surface area contributed by atoms with E-state index in [2.05, 4.69) is 10.3 Å². The van der Waals surface area contributed by atoms with E-state index in [1.807, 2.05) is 0 Å². The molecule has 1 aromatic carbocycles. The molecule has 0 aliphatic heterocycles. The first-order chi connectivity index (χ1) is 9.36. The van der Waals surface area contributed by atoms with Crippen molar-refractivity contribution in [1.82, 2.24) is 4.98 Å². The average Bonchev–Trinajstić information content (AvgIpc) is 2.38. The van der Waals surface area contributed by atoms with Gasteiger partial charge in [-0.25, -0.2) is 0 Å². The molecule has 0 radical (unpaired) electrons. The summed E-state index contributed by atoms with van der Waals surface area (Å²) in [7, 11) is 0. The van der Waals surface area contributed by atoms with E-state index in [0.717, 1.165) is 24.3 Å². The van der Waals surface area contributed by atoms with Crippen LogP contribution in [0.1, 0.15) is 15.9 Å². The lowest BCUT2D eigenvalue weighted by molar-refractivity contribution is -0.137. The number of pyridine rings is 1. The van der Waals surface area contributed by atoms with Gasteiger partial charge in [0, 0.05) is 23.5 Å². The minimum atomic E-state index is -4.51. The summed E-state index contributed by atoms with van der Waals surface area (Å²) in [5.74, 6) is -0.721. The van der Waals surface area contributed by atoms with Gasteiger partial charge < -0.3 is 10.3 Å². The fourth-order valence-corrected chi connectivity index (χ4v) is 1.56. The fourth-order valence-electron chi connectivity index (χ4n) is 1.56. The van der Waals surface area contributed by atoms with Gasteiger partial charge in [0.15, 0.2) is 0 Å². The Bertz CT molecular complexity index is 692. The minimum absolute atomic E-state index is 0.139. The number of hydrogen-bond acceptors (Lipinski definition) is 2. The zero-order valence-electron chi connectivity index (χ0n) is 9.99. The Labute approximate surface area is 111 Å². The number of aromatic nitrogens is 1. The van der Waals surface area contributed by atoms with Crippen molar-refractivity contribution < 1.29 is 18.0 Å². The van der Waals surface area contributed by atoms with Crippen molar-refractivity contribution >= 4 is 11.6 Å². The van der Waals surface area contributed by atoms with Gasteiger partial charge in [0.25, 0.3) is 5.91 Å². The summed E-state index contributed by atoms with van der Waals surface area (Å²) in [4.78, 5) is 25.2. The van der Waals surface area contributed by atoms with Gasteiger partial charge in [0.1, 0.15) is 0 Å². The van der Waals surface area contributed by atoms with Crippen LogP contribution in [0.15, 0.2) is 47.4 Å². The first kappa shape index (κ1) is 13.9. The van der Waals surface area contributed by atoms with Crippen molar-refractivity contribution in [2.75, 3.05) is 5.32 Å². The van der Waals surface area contributed by atoms with Crippen LogP contribution >= 0.6 is 0 Å². The monoisotopic (exact) mass is 282 g/mol. The van der Waals surface area contributed by atoms with E-state index in [-0.39, 0.29) is 11.3 Å². The largest absolute Gasteiger partial charge is 0.416 e. The van der Waals surface area contributed by atoms with E-state index < -0.39 is 23.2 Å². The minimum Gasteiger partial charge on any atom is -0.329 e. The number of alkyl halides is 3. The second kappa shape index (κ2) is 5.20. The van der Waals surface area contributed by atoms with Crippen LogP contribution in [0.25, 0.3) is 0 Å². The average molecular weight is 282 g/mol. The molecule has 0 spiro atoms. The molecule has 2 aromatic rings. The zero-order chi connectivity index (χ0) is 14.8. The van der Waals surface area contributed by atoms with Crippen molar-refractivity contribution in [3.05, 3.63) is 64.1 Å². The Hall–Kier alpha value is -2.57. The number of aromatic amines is 1. The molecule has 1 heterocycles. The van der Waals surface area contributed by atoms with E-state index in [4.69, 9.17) is 0 Å². The molecular formula is C13H9F3N2O2. The maximum Gasteiger partial charge on any atom is 0.416 e. The lowest BCUT2D eigenvalue weighted by Crippen LogP contribution is -2.15. The molecular weight excluding hydrogens is 273 g/mol. The third kappa shape index (κ3) is 3.25. The molecule has 0 saturated carbocycles. The van der Waals surface area contributed by atoms with Crippen molar-refractivity contribution in [3.8, 4) is 0 Å². The SMILES string of the molecule is O=C(Nc1cc[nH]c(=O)c1)c1cccc(C(F)(F)F)c1. The second-order valence-electron chi connectivity index (χ2n) is 3.97. The highest BCUT2D eigenvalue weighted by Crippen LogP contribution is 2.29. The maximum absolute atomic E-state index is 12.5. The highest BCUT2D eigenvalue weighted by Gasteiger charge is 2.30. The predicted molar refractivity (Wildman–Crippen MR) is 66.5 cm³/mol. The quantitative estimate of drug-likeness (QED) is 0.889. The molecule has 4 nitrogen and oxygen atoms in total. The summed E-state index contributed by atoms with van der Waals surface area (Å²) in [6.07, 6.45) is -3.19. The molecule has 20 heavy (non-hydrogen) atoms. The Balaban J connectivity index is 2.24. The highest BCUT2D eigenvalue weighted by atomic mass is 19.4. The lowest BCUT2D eigenvalue weighted by Gasteiger charge is -2.09. The summed E-state index contributed by atoms with van der Waals surface area (Å²) in [5, 5.41) is 2.35. The number of halogens is 3. The summed E-state index contributed by atoms with van der Waals surface area (Å²) >= 11 is 0. The van der Waals surface area contributed by atoms with Crippen LogP contribution in [0, 0.1) is 0 Å². The number of benzene rings is 1. The Kier molecular flexibility index (Phi) is 3.60. The number of hydrogen-bond donors (Lipinski definition) is 2. The standard InChI is InChI=1S/C13H9F3N2O2/c14-13(15,16)9-3-1-2-8(6-9)12(20)18-10-4-5-17-11(19)7-10/h1-7H,(H2,17,18,19,20). The molecule has 104 valence electrons. The summed E-state index contributed by atoms with van der Waals surface area (Å²) in [6, 6.07) is 6.60. The normalized spacial score (nSPS) is 11.2. The van der Waals surface area contributed by atoms with Crippen molar-refractivity contribution in [3.63, 3.8) is 0 Å². The van der Waals surface area contributed by atoms with Crippen LogP contribution in [-0.4, -0.2) is 10.9 Å². The van der Waals surface area contributed by atoms with Gasteiger partial charge in [-0.05, 0) is 24.3 Å². The van der Waals surface area contributed by atoms with Gasteiger partial charge in [0.05, 0.1) is 5.56 Å². The first-order valence-electron chi connectivity index (χ1n) is 5.53. The Morgan fingerprint density at radius 2 is 1.90 bits per heavy atom. The Morgan fingerprint density at radius 3 is 2.55 bits per heavy atom. The molecule has 0 fully saturated rings. The number of carbonyl (C=O) groups is 1. The van der Waals surface area contributed by atoms with Crippen LogP contribution in [0.4, 0.5) is 18.9 Å². The van der Waals surface area contributed by atoms with Gasteiger partial charge in [-0.15, -0.1) is 0 Å². The topological polar surface area (TPSA) is 62.0 Å². The predicted octanol–water partition coefficient (Wildman–Crippen LogP) is 2.65. The first-order valence-corrected chi connectivity index (χ1v) is 5.53. The summed E-state index contributed by atoms with van der Waals surface area (Å²) in [6.45, 7) is 0. The van der Waals surface area contributed by atoms with Gasteiger partial charge in [-0.3, -0.25) is 9.59 Å². The third-order valence-corrected chi connectivity index (χ3v) is 2.49. The molecule has 0 unspecified atom stereocenters. The lowest BCUT2D eigenvalue weighted by atomic mass is 10.1. The summed E-state index contributed by atoms with van der Waals surface area (Å²) in [5.41, 5.74) is -1.26. The molecule has 1 amide bonds. The van der Waals surface area contributed by atoms with E-state index in [1.54, 1.807) is 0 Å². The molecule has 7 heteroatoms. The molecule has 2 rings (SSSR count). The number of rotatable bonds is 2. The smallest absolute Gasteiger partial charge is 0.329 e. The number of anilines is 1. The maximum atomic E-state index is 12.5. The summed E-state index contributed by atoms with van der Waals surface area (Å²) < 4.78 is 37.6. The molecule has 0 atom stereocenters. The van der Waals surface area contributed by atoms with Crippen LogP contribution < -0.4 is 10.9 Å². The molecule has 1 aromatic heterocycles. The van der Waals surface area contributed by atoms with Crippen LogP contribution in [0.5, 0.6) is 0 Å². The van der Waals surface area contributed by atoms with Crippen molar-refractivity contribution in [1.29, 1.82) is 0 Å². The van der Waals surface area contributed by atoms with Crippen LogP contribution in [0.3, 0.4) is 0 Å². The van der Waals surface area contributed by atoms with Gasteiger partial charge >= 0.3 is 6.18 Å².